The van der Waals surface area contributed by atoms with Crippen molar-refractivity contribution in [1.82, 2.24) is 5.32 Å². The molecule has 1 amide bonds. The van der Waals surface area contributed by atoms with E-state index in [0.29, 0.717) is 17.4 Å². The number of benzene rings is 1. The number of nitrogens with one attached hydrogen (secondary N) is 1. The summed E-state index contributed by atoms with van der Waals surface area (Å²) in [5.74, 6) is 0.284. The molecule has 2 rings (SSSR count). The summed E-state index contributed by atoms with van der Waals surface area (Å²) in [6, 6.07) is 5.09. The van der Waals surface area contributed by atoms with Gasteiger partial charge < -0.3 is 19.5 Å². The highest BCUT2D eigenvalue weighted by molar-refractivity contribution is 5.96. The predicted molar refractivity (Wildman–Crippen MR) is 80.2 cm³/mol. The highest BCUT2D eigenvalue weighted by Gasteiger charge is 2.29. The lowest BCUT2D eigenvalue weighted by Gasteiger charge is -2.14. The first-order valence-corrected chi connectivity index (χ1v) is 7.24. The van der Waals surface area contributed by atoms with E-state index < -0.39 is 5.97 Å². The SMILES string of the molecule is COc1cccc(OC)c1C(=O)OCC(=O)N[C@H](C)C1CC1. The zero-order valence-electron chi connectivity index (χ0n) is 13.0. The lowest BCUT2D eigenvalue weighted by Crippen LogP contribution is -2.37. The first-order chi connectivity index (χ1) is 10.6. The van der Waals surface area contributed by atoms with E-state index >= 15 is 0 Å². The zero-order chi connectivity index (χ0) is 16.1. The Balaban J connectivity index is 1.95. The summed E-state index contributed by atoms with van der Waals surface area (Å²) in [7, 11) is 2.91. The largest absolute Gasteiger partial charge is 0.496 e. The lowest BCUT2D eigenvalue weighted by atomic mass is 10.2. The van der Waals surface area contributed by atoms with Gasteiger partial charge in [0.15, 0.2) is 6.61 Å². The van der Waals surface area contributed by atoms with Crippen molar-refractivity contribution in [3.63, 3.8) is 0 Å². The summed E-state index contributed by atoms with van der Waals surface area (Å²) in [6.07, 6.45) is 2.28. The monoisotopic (exact) mass is 307 g/mol. The van der Waals surface area contributed by atoms with Crippen molar-refractivity contribution >= 4 is 11.9 Å². The second-order valence-corrected chi connectivity index (χ2v) is 5.31. The Morgan fingerprint density at radius 1 is 1.23 bits per heavy atom. The van der Waals surface area contributed by atoms with Crippen molar-refractivity contribution in [2.75, 3.05) is 20.8 Å². The molecule has 120 valence electrons. The normalized spacial score (nSPS) is 14.9. The fraction of sp³-hybridized carbons (Fsp3) is 0.500. The van der Waals surface area contributed by atoms with E-state index in [0.717, 1.165) is 12.8 Å². The molecule has 0 aliphatic heterocycles. The number of methoxy groups -OCH3 is 2. The number of carbonyl (C=O) groups excluding carboxylic acids is 2. The van der Waals surface area contributed by atoms with Crippen molar-refractivity contribution in [1.29, 1.82) is 0 Å². The van der Waals surface area contributed by atoms with E-state index in [4.69, 9.17) is 14.2 Å². The number of rotatable bonds is 7. The van der Waals surface area contributed by atoms with Gasteiger partial charge in [0.2, 0.25) is 0 Å². The molecule has 0 saturated heterocycles. The average Bonchev–Trinajstić information content (AvgIpc) is 3.36. The van der Waals surface area contributed by atoms with Crippen molar-refractivity contribution in [3.8, 4) is 11.5 Å². The van der Waals surface area contributed by atoms with Crippen LogP contribution in [0.15, 0.2) is 18.2 Å². The van der Waals surface area contributed by atoms with Gasteiger partial charge in [-0.3, -0.25) is 4.79 Å². The summed E-state index contributed by atoms with van der Waals surface area (Å²) in [5.41, 5.74) is 0.176. The van der Waals surface area contributed by atoms with Crippen LogP contribution in [-0.2, 0) is 9.53 Å². The number of carbonyl (C=O) groups is 2. The lowest BCUT2D eigenvalue weighted by molar-refractivity contribution is -0.125. The number of esters is 1. The molecule has 0 heterocycles. The Bertz CT molecular complexity index is 531. The number of amides is 1. The Kier molecular flexibility index (Phi) is 5.25. The Morgan fingerprint density at radius 2 is 1.82 bits per heavy atom. The van der Waals surface area contributed by atoms with Crippen LogP contribution in [0.25, 0.3) is 0 Å². The number of hydrogen-bond acceptors (Lipinski definition) is 5. The van der Waals surface area contributed by atoms with Crippen molar-refractivity contribution in [2.45, 2.75) is 25.8 Å². The maximum absolute atomic E-state index is 12.2. The third kappa shape index (κ3) is 3.90. The third-order valence-corrected chi connectivity index (χ3v) is 3.68. The van der Waals surface area contributed by atoms with Gasteiger partial charge >= 0.3 is 5.97 Å². The van der Waals surface area contributed by atoms with Crippen LogP contribution in [0.2, 0.25) is 0 Å². The van der Waals surface area contributed by atoms with E-state index in [-0.39, 0.29) is 24.1 Å². The number of hydrogen-bond donors (Lipinski definition) is 1. The maximum Gasteiger partial charge on any atom is 0.346 e. The molecule has 0 radical (unpaired) electrons. The van der Waals surface area contributed by atoms with Crippen LogP contribution < -0.4 is 14.8 Å². The Labute approximate surface area is 129 Å². The van der Waals surface area contributed by atoms with Crippen LogP contribution in [0, 0.1) is 5.92 Å². The molecule has 6 nitrogen and oxygen atoms in total. The number of ether oxygens (including phenoxy) is 3. The fourth-order valence-corrected chi connectivity index (χ4v) is 2.27. The van der Waals surface area contributed by atoms with Crippen molar-refractivity contribution < 1.29 is 23.8 Å². The quantitative estimate of drug-likeness (QED) is 0.777. The van der Waals surface area contributed by atoms with E-state index in [1.807, 2.05) is 6.92 Å². The van der Waals surface area contributed by atoms with E-state index in [2.05, 4.69) is 5.32 Å². The van der Waals surface area contributed by atoms with Crippen LogP contribution in [-0.4, -0.2) is 38.7 Å². The van der Waals surface area contributed by atoms with Crippen LogP contribution in [0.3, 0.4) is 0 Å². The van der Waals surface area contributed by atoms with E-state index in [9.17, 15) is 9.59 Å². The molecule has 0 spiro atoms. The van der Waals surface area contributed by atoms with Gasteiger partial charge in [0.05, 0.1) is 14.2 Å². The van der Waals surface area contributed by atoms with Gasteiger partial charge in [-0.05, 0) is 37.8 Å². The molecule has 1 fully saturated rings. The van der Waals surface area contributed by atoms with Crippen LogP contribution in [0.4, 0.5) is 0 Å². The van der Waals surface area contributed by atoms with Crippen molar-refractivity contribution in [2.24, 2.45) is 5.92 Å². The highest BCUT2D eigenvalue weighted by atomic mass is 16.5. The summed E-state index contributed by atoms with van der Waals surface area (Å²) in [6.45, 7) is 1.64. The molecule has 0 unspecified atom stereocenters. The van der Waals surface area contributed by atoms with Crippen LogP contribution in [0.5, 0.6) is 11.5 Å². The molecule has 1 N–H and O–H groups in total. The molecular formula is C16H21NO5. The predicted octanol–water partition coefficient (Wildman–Crippen LogP) is 1.78. The Hall–Kier alpha value is -2.24. The minimum atomic E-state index is -0.650. The maximum atomic E-state index is 12.2. The zero-order valence-corrected chi connectivity index (χ0v) is 13.0. The summed E-state index contributed by atoms with van der Waals surface area (Å²) < 4.78 is 15.3. The van der Waals surface area contributed by atoms with E-state index in [1.165, 1.54) is 14.2 Å². The highest BCUT2D eigenvalue weighted by Crippen LogP contribution is 2.32. The first-order valence-electron chi connectivity index (χ1n) is 7.24. The smallest absolute Gasteiger partial charge is 0.346 e. The molecule has 1 saturated carbocycles. The second-order valence-electron chi connectivity index (χ2n) is 5.31. The molecule has 1 aliphatic rings. The molecule has 6 heteroatoms. The first kappa shape index (κ1) is 16.1. The van der Waals surface area contributed by atoms with Gasteiger partial charge in [0, 0.05) is 6.04 Å². The fourth-order valence-electron chi connectivity index (χ4n) is 2.27. The molecule has 1 aliphatic carbocycles. The minimum absolute atomic E-state index is 0.118. The molecule has 0 aromatic heterocycles. The van der Waals surface area contributed by atoms with Gasteiger partial charge in [-0.2, -0.15) is 0 Å². The topological polar surface area (TPSA) is 73.9 Å². The van der Waals surface area contributed by atoms with Crippen molar-refractivity contribution in [3.05, 3.63) is 23.8 Å². The van der Waals surface area contributed by atoms with Gasteiger partial charge in [0.1, 0.15) is 17.1 Å². The van der Waals surface area contributed by atoms with Gasteiger partial charge in [-0.25, -0.2) is 4.79 Å². The third-order valence-electron chi connectivity index (χ3n) is 3.68. The standard InChI is InChI=1S/C16H21NO5/c1-10(11-7-8-11)17-14(18)9-22-16(19)15-12(20-2)5-4-6-13(15)21-3/h4-6,10-11H,7-9H2,1-3H3,(H,17,18)/t10-/m1/s1. The summed E-state index contributed by atoms with van der Waals surface area (Å²) in [4.78, 5) is 24.0. The molecule has 22 heavy (non-hydrogen) atoms. The molecule has 1 aromatic rings. The van der Waals surface area contributed by atoms with Crippen LogP contribution >= 0.6 is 0 Å². The minimum Gasteiger partial charge on any atom is -0.496 e. The summed E-state index contributed by atoms with van der Waals surface area (Å²) >= 11 is 0. The molecule has 0 bridgehead atoms. The van der Waals surface area contributed by atoms with Crippen LogP contribution in [0.1, 0.15) is 30.1 Å². The average molecular weight is 307 g/mol. The van der Waals surface area contributed by atoms with Gasteiger partial charge in [-0.15, -0.1) is 0 Å². The molecular weight excluding hydrogens is 286 g/mol. The van der Waals surface area contributed by atoms with Gasteiger partial charge in [-0.1, -0.05) is 6.07 Å². The Morgan fingerprint density at radius 3 is 2.32 bits per heavy atom. The second kappa shape index (κ2) is 7.15. The van der Waals surface area contributed by atoms with Gasteiger partial charge in [0.25, 0.3) is 5.91 Å². The van der Waals surface area contributed by atoms with E-state index in [1.54, 1.807) is 18.2 Å². The summed E-state index contributed by atoms with van der Waals surface area (Å²) in [5, 5.41) is 2.83. The molecule has 1 aromatic carbocycles. The molecule has 1 atom stereocenters.